The number of halogens is 1. The molecule has 1 amide bonds. The first-order valence-electron chi connectivity index (χ1n) is 7.12. The molecular formula is C15H17FN4O2. The van der Waals surface area contributed by atoms with Crippen LogP contribution in [0.3, 0.4) is 0 Å². The Bertz CT molecular complexity index is 673. The fourth-order valence-corrected chi connectivity index (χ4v) is 2.57. The van der Waals surface area contributed by atoms with E-state index in [1.165, 1.54) is 12.3 Å². The summed E-state index contributed by atoms with van der Waals surface area (Å²) < 4.78 is 13.9. The number of H-pyrrole nitrogens is 1. The second kappa shape index (κ2) is 6.25. The molecule has 1 aliphatic rings. The van der Waals surface area contributed by atoms with E-state index >= 15 is 0 Å². The largest absolute Gasteiger partial charge is 0.391 e. The summed E-state index contributed by atoms with van der Waals surface area (Å²) in [5.74, 6) is -0.782. The van der Waals surface area contributed by atoms with Gasteiger partial charge in [-0.15, -0.1) is 0 Å². The maximum atomic E-state index is 13.9. The maximum absolute atomic E-state index is 13.9. The van der Waals surface area contributed by atoms with Gasteiger partial charge >= 0.3 is 0 Å². The van der Waals surface area contributed by atoms with E-state index in [-0.39, 0.29) is 17.4 Å². The zero-order valence-corrected chi connectivity index (χ0v) is 11.8. The molecule has 3 rings (SSSR count). The van der Waals surface area contributed by atoms with Gasteiger partial charge in [-0.05, 0) is 12.1 Å². The SMILES string of the molecule is O=C(NCC1CNCC1O)c1cn[nH]c1-c1ccccc1F. The summed E-state index contributed by atoms with van der Waals surface area (Å²) in [6.07, 6.45) is 0.913. The Kier molecular flexibility index (Phi) is 4.17. The van der Waals surface area contributed by atoms with E-state index in [1.54, 1.807) is 18.2 Å². The Morgan fingerprint density at radius 2 is 2.23 bits per heavy atom. The molecule has 7 heteroatoms. The molecule has 4 N–H and O–H groups in total. The second-order valence-corrected chi connectivity index (χ2v) is 5.33. The van der Waals surface area contributed by atoms with Crippen LogP contribution < -0.4 is 10.6 Å². The molecule has 1 aliphatic heterocycles. The number of amides is 1. The van der Waals surface area contributed by atoms with Crippen molar-refractivity contribution in [2.75, 3.05) is 19.6 Å². The number of aliphatic hydroxyl groups is 1. The highest BCUT2D eigenvalue weighted by atomic mass is 19.1. The number of carbonyl (C=O) groups is 1. The van der Waals surface area contributed by atoms with E-state index in [0.29, 0.717) is 30.9 Å². The summed E-state index contributed by atoms with van der Waals surface area (Å²) in [6, 6.07) is 6.20. The number of nitrogens with one attached hydrogen (secondary N) is 3. The summed E-state index contributed by atoms with van der Waals surface area (Å²) in [4.78, 5) is 12.3. The number of carbonyl (C=O) groups excluding carboxylic acids is 1. The molecule has 2 aromatic rings. The number of aliphatic hydroxyl groups excluding tert-OH is 1. The third kappa shape index (κ3) is 2.86. The smallest absolute Gasteiger partial charge is 0.255 e. The molecule has 0 aliphatic carbocycles. The zero-order valence-electron chi connectivity index (χ0n) is 11.8. The summed E-state index contributed by atoms with van der Waals surface area (Å²) in [5.41, 5.74) is 0.930. The minimum Gasteiger partial charge on any atom is -0.391 e. The van der Waals surface area contributed by atoms with E-state index < -0.39 is 11.9 Å². The van der Waals surface area contributed by atoms with Crippen molar-refractivity contribution in [3.8, 4) is 11.3 Å². The molecule has 2 heterocycles. The minimum absolute atomic E-state index is 0.0206. The van der Waals surface area contributed by atoms with E-state index in [2.05, 4.69) is 20.8 Å². The summed E-state index contributed by atoms with van der Waals surface area (Å²) in [7, 11) is 0. The lowest BCUT2D eigenvalue weighted by Crippen LogP contribution is -2.34. The van der Waals surface area contributed by atoms with Crippen LogP contribution in [-0.4, -0.2) is 46.9 Å². The highest BCUT2D eigenvalue weighted by molar-refractivity contribution is 5.99. The number of hydrogen-bond donors (Lipinski definition) is 4. The van der Waals surface area contributed by atoms with Crippen molar-refractivity contribution < 1.29 is 14.3 Å². The van der Waals surface area contributed by atoms with Gasteiger partial charge in [0.1, 0.15) is 5.82 Å². The summed E-state index contributed by atoms with van der Waals surface area (Å²) in [5, 5.41) is 22.1. The molecule has 116 valence electrons. The molecule has 1 fully saturated rings. The van der Waals surface area contributed by atoms with Gasteiger partial charge < -0.3 is 15.7 Å². The number of β-amino-alcohol motifs (C(OH)–C–C–N with tert-alkyl or cyclic N) is 1. The van der Waals surface area contributed by atoms with Gasteiger partial charge in [-0.25, -0.2) is 4.39 Å². The number of hydrogen-bond acceptors (Lipinski definition) is 4. The number of nitrogens with zero attached hydrogens (tertiary/aromatic N) is 1. The number of aromatic nitrogens is 2. The van der Waals surface area contributed by atoms with Gasteiger partial charge in [-0.1, -0.05) is 12.1 Å². The van der Waals surface area contributed by atoms with Gasteiger partial charge in [0.15, 0.2) is 0 Å². The lowest BCUT2D eigenvalue weighted by molar-refractivity contribution is 0.0928. The van der Waals surface area contributed by atoms with E-state index in [0.717, 1.165) is 0 Å². The van der Waals surface area contributed by atoms with Crippen LogP contribution in [0.2, 0.25) is 0 Å². The van der Waals surface area contributed by atoms with Crippen LogP contribution in [0.5, 0.6) is 0 Å². The van der Waals surface area contributed by atoms with Crippen LogP contribution in [0.15, 0.2) is 30.5 Å². The van der Waals surface area contributed by atoms with Crippen molar-refractivity contribution in [1.29, 1.82) is 0 Å². The molecule has 2 unspecified atom stereocenters. The molecule has 1 aromatic carbocycles. The molecule has 0 radical (unpaired) electrons. The Labute approximate surface area is 126 Å². The Balaban J connectivity index is 1.74. The molecule has 0 spiro atoms. The quantitative estimate of drug-likeness (QED) is 0.663. The highest BCUT2D eigenvalue weighted by Gasteiger charge is 2.26. The van der Waals surface area contributed by atoms with E-state index in [1.807, 2.05) is 0 Å². The van der Waals surface area contributed by atoms with Crippen LogP contribution in [0, 0.1) is 11.7 Å². The van der Waals surface area contributed by atoms with Crippen molar-refractivity contribution in [2.45, 2.75) is 6.10 Å². The van der Waals surface area contributed by atoms with Crippen LogP contribution in [0.25, 0.3) is 11.3 Å². The van der Waals surface area contributed by atoms with Crippen molar-refractivity contribution >= 4 is 5.91 Å². The molecular weight excluding hydrogens is 287 g/mol. The first-order valence-corrected chi connectivity index (χ1v) is 7.12. The van der Waals surface area contributed by atoms with Crippen molar-refractivity contribution in [1.82, 2.24) is 20.8 Å². The third-order valence-electron chi connectivity index (χ3n) is 3.86. The predicted molar refractivity (Wildman–Crippen MR) is 78.7 cm³/mol. The molecule has 2 atom stereocenters. The average molecular weight is 304 g/mol. The molecule has 1 saturated heterocycles. The molecule has 22 heavy (non-hydrogen) atoms. The highest BCUT2D eigenvalue weighted by Crippen LogP contribution is 2.23. The fourth-order valence-electron chi connectivity index (χ4n) is 2.57. The number of aromatic amines is 1. The van der Waals surface area contributed by atoms with Crippen LogP contribution in [0.4, 0.5) is 4.39 Å². The molecule has 1 aromatic heterocycles. The van der Waals surface area contributed by atoms with Gasteiger partial charge in [0.2, 0.25) is 0 Å². The average Bonchev–Trinajstić information content (AvgIpc) is 3.14. The first kappa shape index (κ1) is 14.7. The predicted octanol–water partition coefficient (Wildman–Crippen LogP) is 0.526. The monoisotopic (exact) mass is 304 g/mol. The molecule has 6 nitrogen and oxygen atoms in total. The topological polar surface area (TPSA) is 90.0 Å². The van der Waals surface area contributed by atoms with Crippen molar-refractivity contribution in [2.24, 2.45) is 5.92 Å². The first-order chi connectivity index (χ1) is 10.7. The summed E-state index contributed by atoms with van der Waals surface area (Å²) in [6.45, 7) is 1.55. The maximum Gasteiger partial charge on any atom is 0.255 e. The van der Waals surface area contributed by atoms with E-state index in [9.17, 15) is 14.3 Å². The van der Waals surface area contributed by atoms with Gasteiger partial charge in [0, 0.05) is 31.1 Å². The lowest BCUT2D eigenvalue weighted by atomic mass is 10.1. The standard InChI is InChI=1S/C15H17FN4O2/c16-12-4-2-1-3-10(12)14-11(7-19-20-14)15(22)18-6-9-5-17-8-13(9)21/h1-4,7,9,13,17,21H,5-6,8H2,(H,18,22)(H,19,20). The van der Waals surface area contributed by atoms with Crippen LogP contribution in [-0.2, 0) is 0 Å². The fraction of sp³-hybridized carbons (Fsp3) is 0.333. The number of benzene rings is 1. The van der Waals surface area contributed by atoms with Gasteiger partial charge in [-0.2, -0.15) is 5.10 Å². The van der Waals surface area contributed by atoms with Crippen LogP contribution in [0.1, 0.15) is 10.4 Å². The number of rotatable bonds is 4. The Hall–Kier alpha value is -2.25. The van der Waals surface area contributed by atoms with Gasteiger partial charge in [0.05, 0.1) is 23.6 Å². The normalized spacial score (nSPS) is 21.0. The minimum atomic E-state index is -0.462. The van der Waals surface area contributed by atoms with Gasteiger partial charge in [-0.3, -0.25) is 9.89 Å². The zero-order chi connectivity index (χ0) is 15.5. The molecule has 0 bridgehead atoms. The van der Waals surface area contributed by atoms with Crippen molar-refractivity contribution in [3.05, 3.63) is 41.8 Å². The second-order valence-electron chi connectivity index (χ2n) is 5.33. The lowest BCUT2D eigenvalue weighted by Gasteiger charge is -2.14. The van der Waals surface area contributed by atoms with Gasteiger partial charge in [0.25, 0.3) is 5.91 Å². The Morgan fingerprint density at radius 3 is 2.95 bits per heavy atom. The third-order valence-corrected chi connectivity index (χ3v) is 3.86. The molecule has 0 saturated carbocycles. The Morgan fingerprint density at radius 1 is 1.41 bits per heavy atom. The summed E-state index contributed by atoms with van der Waals surface area (Å²) >= 11 is 0. The van der Waals surface area contributed by atoms with Crippen molar-refractivity contribution in [3.63, 3.8) is 0 Å². The van der Waals surface area contributed by atoms with E-state index in [4.69, 9.17) is 0 Å². The van der Waals surface area contributed by atoms with Crippen LogP contribution >= 0.6 is 0 Å².